The van der Waals surface area contributed by atoms with Gasteiger partial charge in [-0.1, -0.05) is 11.6 Å². The lowest BCUT2D eigenvalue weighted by atomic mass is 10.1. The smallest absolute Gasteiger partial charge is 0.342 e. The van der Waals surface area contributed by atoms with Crippen molar-refractivity contribution in [2.24, 2.45) is 0 Å². The Morgan fingerprint density at radius 2 is 1.86 bits per heavy atom. The predicted octanol–water partition coefficient (Wildman–Crippen LogP) is 4.10. The molecule has 3 aromatic rings. The van der Waals surface area contributed by atoms with Crippen molar-refractivity contribution in [2.45, 2.75) is 27.3 Å². The molecule has 0 amide bonds. The predicted molar refractivity (Wildman–Crippen MR) is 104 cm³/mol. The van der Waals surface area contributed by atoms with E-state index in [0.717, 1.165) is 22.7 Å². The van der Waals surface area contributed by atoms with Crippen molar-refractivity contribution in [3.05, 3.63) is 76.5 Å². The molecular formula is C22H23NO5. The Kier molecular flexibility index (Phi) is 5.68. The number of ether oxygens (including phenoxy) is 2. The Bertz CT molecular complexity index is 998. The van der Waals surface area contributed by atoms with Crippen LogP contribution in [-0.4, -0.2) is 30.0 Å². The lowest BCUT2D eigenvalue weighted by molar-refractivity contribution is 0.0471. The van der Waals surface area contributed by atoms with Crippen LogP contribution < -0.4 is 4.74 Å². The van der Waals surface area contributed by atoms with Crippen LogP contribution in [0.2, 0.25) is 0 Å². The fourth-order valence-corrected chi connectivity index (χ4v) is 3.15. The average molecular weight is 381 g/mol. The fraction of sp³-hybridized carbons (Fsp3) is 0.273. The summed E-state index contributed by atoms with van der Waals surface area (Å²) in [6, 6.07) is 10.7. The van der Waals surface area contributed by atoms with Crippen molar-refractivity contribution >= 4 is 11.8 Å². The first-order valence-corrected chi connectivity index (χ1v) is 8.94. The highest BCUT2D eigenvalue weighted by Crippen LogP contribution is 2.21. The molecule has 0 unspecified atom stereocenters. The van der Waals surface area contributed by atoms with Crippen LogP contribution in [0.5, 0.6) is 5.75 Å². The summed E-state index contributed by atoms with van der Waals surface area (Å²) < 4.78 is 17.8. The highest BCUT2D eigenvalue weighted by molar-refractivity contribution is 6.01. The minimum atomic E-state index is -0.585. The zero-order valence-electron chi connectivity index (χ0n) is 16.4. The molecule has 0 saturated heterocycles. The van der Waals surface area contributed by atoms with Crippen LogP contribution in [0.25, 0.3) is 0 Å². The second-order valence-electron chi connectivity index (χ2n) is 6.65. The van der Waals surface area contributed by atoms with E-state index in [1.54, 1.807) is 18.4 Å². The SMILES string of the molecule is COc1ccc(C)cc1C(=O)OCC(=O)c1cc(C)n(Cc2ccco2)c1C. The highest BCUT2D eigenvalue weighted by Gasteiger charge is 2.20. The van der Waals surface area contributed by atoms with E-state index in [1.165, 1.54) is 7.11 Å². The molecule has 2 aromatic heterocycles. The number of hydrogen-bond donors (Lipinski definition) is 0. The molecule has 28 heavy (non-hydrogen) atoms. The number of rotatable bonds is 7. The monoisotopic (exact) mass is 381 g/mol. The van der Waals surface area contributed by atoms with E-state index in [1.807, 2.05) is 49.6 Å². The summed E-state index contributed by atoms with van der Waals surface area (Å²) in [4.78, 5) is 25.1. The molecule has 0 saturated carbocycles. The van der Waals surface area contributed by atoms with Crippen LogP contribution in [0.3, 0.4) is 0 Å². The van der Waals surface area contributed by atoms with Gasteiger partial charge in [0.1, 0.15) is 17.1 Å². The molecule has 2 heterocycles. The van der Waals surface area contributed by atoms with Gasteiger partial charge in [0.05, 0.1) is 19.9 Å². The normalized spacial score (nSPS) is 10.7. The number of carbonyl (C=O) groups is 2. The van der Waals surface area contributed by atoms with Gasteiger partial charge in [-0.15, -0.1) is 0 Å². The van der Waals surface area contributed by atoms with Gasteiger partial charge in [-0.3, -0.25) is 4.79 Å². The third-order valence-corrected chi connectivity index (χ3v) is 4.68. The standard InChI is InChI=1S/C22H23NO5/c1-14-7-8-21(26-4)19(10-14)22(25)28-13-20(24)18-11-15(2)23(16(18)3)12-17-6-5-9-27-17/h5-11H,12-13H2,1-4H3. The molecule has 146 valence electrons. The number of nitrogens with zero attached hydrogens (tertiary/aromatic N) is 1. The third-order valence-electron chi connectivity index (χ3n) is 4.68. The van der Waals surface area contributed by atoms with Gasteiger partial charge in [-0.25, -0.2) is 4.79 Å². The van der Waals surface area contributed by atoms with E-state index in [2.05, 4.69) is 0 Å². The molecule has 0 aliphatic carbocycles. The molecule has 0 aliphatic rings. The van der Waals surface area contributed by atoms with Crippen LogP contribution in [0.1, 0.15) is 43.4 Å². The van der Waals surface area contributed by atoms with E-state index >= 15 is 0 Å². The maximum Gasteiger partial charge on any atom is 0.342 e. The third kappa shape index (κ3) is 4.01. The minimum absolute atomic E-state index is 0.251. The number of aromatic nitrogens is 1. The Labute approximate surface area is 163 Å². The number of benzene rings is 1. The van der Waals surface area contributed by atoms with Crippen molar-refractivity contribution in [2.75, 3.05) is 13.7 Å². The minimum Gasteiger partial charge on any atom is -0.496 e. The van der Waals surface area contributed by atoms with Gasteiger partial charge in [0.15, 0.2) is 6.61 Å². The average Bonchev–Trinajstić information content (AvgIpc) is 3.29. The Balaban J connectivity index is 1.72. The largest absolute Gasteiger partial charge is 0.496 e. The number of methoxy groups -OCH3 is 1. The Hall–Kier alpha value is -3.28. The molecule has 0 atom stereocenters. The van der Waals surface area contributed by atoms with Crippen LogP contribution in [-0.2, 0) is 11.3 Å². The quantitative estimate of drug-likeness (QED) is 0.455. The Morgan fingerprint density at radius 1 is 1.07 bits per heavy atom. The van der Waals surface area contributed by atoms with Crippen molar-refractivity contribution < 1.29 is 23.5 Å². The number of hydrogen-bond acceptors (Lipinski definition) is 5. The van der Waals surface area contributed by atoms with Gasteiger partial charge >= 0.3 is 5.97 Å². The lowest BCUT2D eigenvalue weighted by Gasteiger charge is -2.10. The van der Waals surface area contributed by atoms with Crippen LogP contribution >= 0.6 is 0 Å². The second kappa shape index (κ2) is 8.17. The number of esters is 1. The summed E-state index contributed by atoms with van der Waals surface area (Å²) in [7, 11) is 1.49. The van der Waals surface area contributed by atoms with Gasteiger partial charge in [0.2, 0.25) is 5.78 Å². The molecule has 0 N–H and O–H groups in total. The maximum absolute atomic E-state index is 12.6. The van der Waals surface area contributed by atoms with Crippen LogP contribution in [0, 0.1) is 20.8 Å². The number of aryl methyl sites for hydroxylation is 2. The molecule has 3 rings (SSSR count). The van der Waals surface area contributed by atoms with Crippen molar-refractivity contribution in [3.63, 3.8) is 0 Å². The van der Waals surface area contributed by atoms with E-state index in [4.69, 9.17) is 13.9 Å². The molecule has 0 bridgehead atoms. The molecule has 6 heteroatoms. The van der Waals surface area contributed by atoms with Crippen LogP contribution in [0.15, 0.2) is 47.1 Å². The summed E-state index contributed by atoms with van der Waals surface area (Å²) in [5, 5.41) is 0. The van der Waals surface area contributed by atoms with E-state index in [0.29, 0.717) is 23.4 Å². The molecule has 6 nitrogen and oxygen atoms in total. The lowest BCUT2D eigenvalue weighted by Crippen LogP contribution is -2.16. The molecule has 0 radical (unpaired) electrons. The molecule has 1 aromatic carbocycles. The van der Waals surface area contributed by atoms with E-state index in [9.17, 15) is 9.59 Å². The van der Waals surface area contributed by atoms with Crippen LogP contribution in [0.4, 0.5) is 0 Å². The highest BCUT2D eigenvalue weighted by atomic mass is 16.5. The first-order chi connectivity index (χ1) is 13.4. The first-order valence-electron chi connectivity index (χ1n) is 8.94. The topological polar surface area (TPSA) is 70.7 Å². The number of carbonyl (C=O) groups excluding carboxylic acids is 2. The number of furan rings is 1. The summed E-state index contributed by atoms with van der Waals surface area (Å²) in [5.41, 5.74) is 3.49. The maximum atomic E-state index is 12.6. The first kappa shape index (κ1) is 19.5. The molecule has 0 aliphatic heterocycles. The van der Waals surface area contributed by atoms with Gasteiger partial charge in [0, 0.05) is 17.0 Å². The van der Waals surface area contributed by atoms with Gasteiger partial charge in [-0.05, 0) is 51.1 Å². The zero-order valence-corrected chi connectivity index (χ0v) is 16.4. The molecular weight excluding hydrogens is 358 g/mol. The van der Waals surface area contributed by atoms with Gasteiger partial charge in [-0.2, -0.15) is 0 Å². The summed E-state index contributed by atoms with van der Waals surface area (Å²) in [6.07, 6.45) is 1.62. The van der Waals surface area contributed by atoms with E-state index in [-0.39, 0.29) is 12.4 Å². The van der Waals surface area contributed by atoms with E-state index < -0.39 is 5.97 Å². The van der Waals surface area contributed by atoms with Gasteiger partial charge < -0.3 is 18.5 Å². The summed E-state index contributed by atoms with van der Waals surface area (Å²) >= 11 is 0. The summed E-state index contributed by atoms with van der Waals surface area (Å²) in [5.74, 6) is 0.385. The Morgan fingerprint density at radius 3 is 2.54 bits per heavy atom. The summed E-state index contributed by atoms with van der Waals surface area (Å²) in [6.45, 7) is 5.87. The second-order valence-corrected chi connectivity index (χ2v) is 6.65. The fourth-order valence-electron chi connectivity index (χ4n) is 3.15. The molecule has 0 spiro atoms. The van der Waals surface area contributed by atoms with Gasteiger partial charge in [0.25, 0.3) is 0 Å². The van der Waals surface area contributed by atoms with Crippen molar-refractivity contribution in [1.82, 2.24) is 4.57 Å². The number of Topliss-reactive ketones (excluding diaryl/α,β-unsaturated/α-hetero) is 1. The molecule has 0 fully saturated rings. The van der Waals surface area contributed by atoms with Crippen molar-refractivity contribution in [1.29, 1.82) is 0 Å². The van der Waals surface area contributed by atoms with Crippen molar-refractivity contribution in [3.8, 4) is 5.75 Å². The zero-order chi connectivity index (χ0) is 20.3. The number of ketones is 1.